The highest BCUT2D eigenvalue weighted by Gasteiger charge is 2.32. The van der Waals surface area contributed by atoms with Crippen molar-refractivity contribution in [3.05, 3.63) is 41.9 Å². The molecule has 0 spiro atoms. The molecular formula is C13H16ClNO4S. The largest absolute Gasteiger partial charge is 0.468 e. The lowest BCUT2D eigenvalue weighted by molar-refractivity contribution is -0.144. The van der Waals surface area contributed by atoms with Gasteiger partial charge in [-0.1, -0.05) is 17.7 Å². The van der Waals surface area contributed by atoms with E-state index in [4.69, 9.17) is 11.6 Å². The molecule has 0 bridgehead atoms. The van der Waals surface area contributed by atoms with E-state index in [9.17, 15) is 13.2 Å². The number of methoxy groups -OCH3 is 1. The van der Waals surface area contributed by atoms with Crippen LogP contribution >= 0.6 is 11.6 Å². The Bertz CT molecular complexity index is 583. The quantitative estimate of drug-likeness (QED) is 0.595. The van der Waals surface area contributed by atoms with Crippen molar-refractivity contribution in [2.75, 3.05) is 13.7 Å². The number of halogens is 1. The number of sulfonamides is 1. The standard InChI is InChI=1S/C13H16ClNO4S/c1-4-9-15(10(2)13(16)19-3)20(17,18)12-7-5-11(14)6-8-12/h4-8,10H,1,9H2,2-3H3/t10-/m0/s1. The van der Waals surface area contributed by atoms with Gasteiger partial charge in [-0.3, -0.25) is 4.79 Å². The smallest absolute Gasteiger partial charge is 0.323 e. The van der Waals surface area contributed by atoms with Crippen LogP contribution in [0.3, 0.4) is 0 Å². The van der Waals surface area contributed by atoms with E-state index < -0.39 is 22.0 Å². The van der Waals surface area contributed by atoms with E-state index in [2.05, 4.69) is 11.3 Å². The summed E-state index contributed by atoms with van der Waals surface area (Å²) in [5.74, 6) is -0.635. The van der Waals surface area contributed by atoms with Gasteiger partial charge in [0.25, 0.3) is 0 Å². The number of ether oxygens (including phenoxy) is 1. The van der Waals surface area contributed by atoms with E-state index in [1.54, 1.807) is 0 Å². The number of hydrogen-bond acceptors (Lipinski definition) is 4. The summed E-state index contributed by atoms with van der Waals surface area (Å²) in [5.41, 5.74) is 0. The van der Waals surface area contributed by atoms with Crippen molar-refractivity contribution >= 4 is 27.6 Å². The zero-order valence-electron chi connectivity index (χ0n) is 11.2. The molecule has 7 heteroatoms. The fourth-order valence-corrected chi connectivity index (χ4v) is 3.30. The molecule has 0 fully saturated rings. The topological polar surface area (TPSA) is 63.7 Å². The summed E-state index contributed by atoms with van der Waals surface area (Å²) in [4.78, 5) is 11.6. The monoisotopic (exact) mass is 317 g/mol. The lowest BCUT2D eigenvalue weighted by Gasteiger charge is -2.25. The summed E-state index contributed by atoms with van der Waals surface area (Å²) < 4.78 is 30.7. The zero-order valence-corrected chi connectivity index (χ0v) is 12.8. The molecule has 5 nitrogen and oxygen atoms in total. The number of nitrogens with zero attached hydrogens (tertiary/aromatic N) is 1. The van der Waals surface area contributed by atoms with Crippen LogP contribution < -0.4 is 0 Å². The molecule has 20 heavy (non-hydrogen) atoms. The van der Waals surface area contributed by atoms with Gasteiger partial charge >= 0.3 is 5.97 Å². The van der Waals surface area contributed by atoms with Gasteiger partial charge in [-0.05, 0) is 31.2 Å². The first-order valence-corrected chi connectivity index (χ1v) is 7.62. The summed E-state index contributed by atoms with van der Waals surface area (Å²) >= 11 is 5.74. The number of benzene rings is 1. The average Bonchev–Trinajstić information content (AvgIpc) is 2.43. The van der Waals surface area contributed by atoms with Gasteiger partial charge in [0.05, 0.1) is 12.0 Å². The summed E-state index contributed by atoms with van der Waals surface area (Å²) in [7, 11) is -2.62. The van der Waals surface area contributed by atoms with Gasteiger partial charge in [-0.2, -0.15) is 4.31 Å². The van der Waals surface area contributed by atoms with E-state index in [0.717, 1.165) is 4.31 Å². The second-order valence-corrected chi connectivity index (χ2v) is 6.34. The third-order valence-corrected chi connectivity index (χ3v) is 4.91. The summed E-state index contributed by atoms with van der Waals surface area (Å²) in [6.07, 6.45) is 1.41. The van der Waals surface area contributed by atoms with E-state index in [1.807, 2.05) is 0 Å². The van der Waals surface area contributed by atoms with Crippen LogP contribution in [0.25, 0.3) is 0 Å². The summed E-state index contributed by atoms with van der Waals surface area (Å²) in [6.45, 7) is 4.97. The van der Waals surface area contributed by atoms with Crippen molar-refractivity contribution in [2.45, 2.75) is 17.9 Å². The molecule has 0 aromatic heterocycles. The van der Waals surface area contributed by atoms with Crippen LogP contribution in [-0.2, 0) is 19.6 Å². The molecular weight excluding hydrogens is 302 g/mol. The highest BCUT2D eigenvalue weighted by Crippen LogP contribution is 2.20. The number of hydrogen-bond donors (Lipinski definition) is 0. The van der Waals surface area contributed by atoms with Crippen molar-refractivity contribution in [2.24, 2.45) is 0 Å². The second-order valence-electron chi connectivity index (χ2n) is 4.02. The average molecular weight is 318 g/mol. The highest BCUT2D eigenvalue weighted by atomic mass is 35.5. The van der Waals surface area contributed by atoms with Gasteiger partial charge in [0, 0.05) is 11.6 Å². The molecule has 1 aromatic rings. The van der Waals surface area contributed by atoms with Gasteiger partial charge in [-0.15, -0.1) is 6.58 Å². The molecule has 1 atom stereocenters. The van der Waals surface area contributed by atoms with Crippen LogP contribution in [0.15, 0.2) is 41.8 Å². The molecule has 0 amide bonds. The Morgan fingerprint density at radius 2 is 2.00 bits per heavy atom. The molecule has 0 aliphatic rings. The second kappa shape index (κ2) is 6.88. The van der Waals surface area contributed by atoms with E-state index in [0.29, 0.717) is 5.02 Å². The molecule has 0 N–H and O–H groups in total. The molecule has 1 aromatic carbocycles. The maximum absolute atomic E-state index is 12.5. The Kier molecular flexibility index (Phi) is 5.74. The van der Waals surface area contributed by atoms with Crippen LogP contribution in [0.4, 0.5) is 0 Å². The van der Waals surface area contributed by atoms with E-state index in [-0.39, 0.29) is 11.4 Å². The van der Waals surface area contributed by atoms with Crippen LogP contribution in [0.5, 0.6) is 0 Å². The molecule has 0 aliphatic carbocycles. The van der Waals surface area contributed by atoms with Crippen molar-refractivity contribution in [3.63, 3.8) is 0 Å². The normalized spacial score (nSPS) is 13.0. The van der Waals surface area contributed by atoms with Crippen LogP contribution in [0.1, 0.15) is 6.92 Å². The Morgan fingerprint density at radius 1 is 1.45 bits per heavy atom. The zero-order chi connectivity index (χ0) is 15.3. The fraction of sp³-hybridized carbons (Fsp3) is 0.308. The first-order valence-electron chi connectivity index (χ1n) is 5.80. The van der Waals surface area contributed by atoms with Gasteiger partial charge in [0.1, 0.15) is 6.04 Å². The van der Waals surface area contributed by atoms with E-state index in [1.165, 1.54) is 44.4 Å². The maximum Gasteiger partial charge on any atom is 0.323 e. The Hall–Kier alpha value is -1.37. The number of carbonyl (C=O) groups excluding carboxylic acids is 1. The summed E-state index contributed by atoms with van der Waals surface area (Å²) in [6, 6.07) is 4.78. The van der Waals surface area contributed by atoms with Crippen LogP contribution in [0, 0.1) is 0 Å². The lowest BCUT2D eigenvalue weighted by atomic mass is 10.3. The third-order valence-electron chi connectivity index (χ3n) is 2.70. The van der Waals surface area contributed by atoms with Crippen LogP contribution in [-0.4, -0.2) is 38.4 Å². The molecule has 0 heterocycles. The minimum atomic E-state index is -3.83. The van der Waals surface area contributed by atoms with Crippen LogP contribution in [0.2, 0.25) is 5.02 Å². The molecule has 0 saturated carbocycles. The summed E-state index contributed by atoms with van der Waals surface area (Å²) in [5, 5.41) is 0.431. The number of esters is 1. The molecule has 0 unspecified atom stereocenters. The van der Waals surface area contributed by atoms with Gasteiger partial charge in [0.15, 0.2) is 0 Å². The van der Waals surface area contributed by atoms with Crippen molar-refractivity contribution in [1.82, 2.24) is 4.31 Å². The Balaban J connectivity index is 3.21. The minimum absolute atomic E-state index is 0.00122. The number of rotatable bonds is 6. The fourth-order valence-electron chi connectivity index (χ4n) is 1.62. The predicted molar refractivity (Wildman–Crippen MR) is 77.0 cm³/mol. The van der Waals surface area contributed by atoms with Crippen molar-refractivity contribution in [1.29, 1.82) is 0 Å². The molecule has 0 aliphatic heterocycles. The number of carbonyl (C=O) groups is 1. The van der Waals surface area contributed by atoms with Gasteiger partial charge in [0.2, 0.25) is 10.0 Å². The first-order chi connectivity index (χ1) is 9.34. The van der Waals surface area contributed by atoms with Gasteiger partial charge in [-0.25, -0.2) is 8.42 Å². The third kappa shape index (κ3) is 3.59. The SMILES string of the molecule is C=CCN([C@@H](C)C(=O)OC)S(=O)(=O)c1ccc(Cl)cc1. The van der Waals surface area contributed by atoms with Crippen molar-refractivity contribution in [3.8, 4) is 0 Å². The van der Waals surface area contributed by atoms with E-state index >= 15 is 0 Å². The minimum Gasteiger partial charge on any atom is -0.468 e. The first kappa shape index (κ1) is 16.7. The molecule has 0 radical (unpaired) electrons. The molecule has 110 valence electrons. The Labute approximate surface area is 123 Å². The lowest BCUT2D eigenvalue weighted by Crippen LogP contribution is -2.43. The highest BCUT2D eigenvalue weighted by molar-refractivity contribution is 7.89. The molecule has 1 rings (SSSR count). The predicted octanol–water partition coefficient (Wildman–Crippen LogP) is 2.08. The Morgan fingerprint density at radius 3 is 2.45 bits per heavy atom. The maximum atomic E-state index is 12.5. The van der Waals surface area contributed by atoms with Crippen molar-refractivity contribution < 1.29 is 17.9 Å². The molecule has 0 saturated heterocycles. The van der Waals surface area contributed by atoms with Gasteiger partial charge < -0.3 is 4.74 Å².